The second-order valence-electron chi connectivity index (χ2n) is 7.41. The summed E-state index contributed by atoms with van der Waals surface area (Å²) in [7, 11) is -3.58. The molecule has 0 bridgehead atoms. The summed E-state index contributed by atoms with van der Waals surface area (Å²) in [6.45, 7) is 6.03. The van der Waals surface area contributed by atoms with E-state index in [0.717, 1.165) is 25.9 Å². The predicted molar refractivity (Wildman–Crippen MR) is 122 cm³/mol. The SMILES string of the molecule is CCCC(C#N)Nc1cnc(Nc2ccc(S(=O)(=O)NCCN3CCOCC3)cc2)nc1. The average Bonchev–Trinajstić information content (AvgIpc) is 2.81. The minimum atomic E-state index is -3.58. The van der Waals surface area contributed by atoms with E-state index < -0.39 is 10.0 Å². The van der Waals surface area contributed by atoms with Crippen molar-refractivity contribution in [2.24, 2.45) is 0 Å². The molecule has 1 aliphatic heterocycles. The van der Waals surface area contributed by atoms with Crippen LogP contribution in [0.2, 0.25) is 0 Å². The average molecular weight is 460 g/mol. The Labute approximate surface area is 189 Å². The molecule has 0 saturated carbocycles. The lowest BCUT2D eigenvalue weighted by molar-refractivity contribution is 0.0390. The van der Waals surface area contributed by atoms with Crippen molar-refractivity contribution >= 4 is 27.3 Å². The minimum Gasteiger partial charge on any atom is -0.379 e. The highest BCUT2D eigenvalue weighted by atomic mass is 32.2. The van der Waals surface area contributed by atoms with Crippen LogP contribution >= 0.6 is 0 Å². The van der Waals surface area contributed by atoms with Gasteiger partial charge in [-0.05, 0) is 30.7 Å². The number of sulfonamides is 1. The second-order valence-corrected chi connectivity index (χ2v) is 9.18. The van der Waals surface area contributed by atoms with E-state index >= 15 is 0 Å². The van der Waals surface area contributed by atoms with Crippen LogP contribution in [0.25, 0.3) is 0 Å². The first-order valence-electron chi connectivity index (χ1n) is 10.6. The summed E-state index contributed by atoms with van der Waals surface area (Å²) >= 11 is 0. The van der Waals surface area contributed by atoms with E-state index in [9.17, 15) is 8.42 Å². The van der Waals surface area contributed by atoms with Crippen molar-refractivity contribution in [3.8, 4) is 6.07 Å². The van der Waals surface area contributed by atoms with Crippen LogP contribution in [0.15, 0.2) is 41.6 Å². The molecule has 1 fully saturated rings. The quantitative estimate of drug-likeness (QED) is 0.461. The molecule has 0 spiro atoms. The van der Waals surface area contributed by atoms with Gasteiger partial charge in [0.05, 0.1) is 42.3 Å². The number of hydrogen-bond donors (Lipinski definition) is 3. The summed E-state index contributed by atoms with van der Waals surface area (Å²) in [6.07, 6.45) is 4.85. The third kappa shape index (κ3) is 7.13. The lowest BCUT2D eigenvalue weighted by Gasteiger charge is -2.26. The van der Waals surface area contributed by atoms with Gasteiger partial charge in [0.15, 0.2) is 0 Å². The number of benzene rings is 1. The van der Waals surface area contributed by atoms with Crippen LogP contribution < -0.4 is 15.4 Å². The molecular formula is C21H29N7O3S. The van der Waals surface area contributed by atoms with Gasteiger partial charge in [-0.2, -0.15) is 5.26 Å². The third-order valence-electron chi connectivity index (χ3n) is 4.97. The monoisotopic (exact) mass is 459 g/mol. The van der Waals surface area contributed by atoms with Crippen molar-refractivity contribution in [3.63, 3.8) is 0 Å². The first-order valence-corrected chi connectivity index (χ1v) is 12.1. The van der Waals surface area contributed by atoms with E-state index in [1.165, 1.54) is 12.1 Å². The number of morpholine rings is 1. The van der Waals surface area contributed by atoms with Crippen LogP contribution in [0, 0.1) is 11.3 Å². The summed E-state index contributed by atoms with van der Waals surface area (Å²) in [4.78, 5) is 10.8. The van der Waals surface area contributed by atoms with Gasteiger partial charge in [-0.15, -0.1) is 0 Å². The van der Waals surface area contributed by atoms with Gasteiger partial charge in [0.2, 0.25) is 16.0 Å². The lowest BCUT2D eigenvalue weighted by Crippen LogP contribution is -2.41. The maximum absolute atomic E-state index is 12.5. The van der Waals surface area contributed by atoms with Gasteiger partial charge in [0, 0.05) is 31.9 Å². The highest BCUT2D eigenvalue weighted by Gasteiger charge is 2.15. The molecule has 1 aliphatic rings. The van der Waals surface area contributed by atoms with Crippen molar-refractivity contribution in [1.29, 1.82) is 5.26 Å². The van der Waals surface area contributed by atoms with Crippen LogP contribution in [-0.2, 0) is 14.8 Å². The zero-order valence-electron chi connectivity index (χ0n) is 18.1. The fourth-order valence-corrected chi connectivity index (χ4v) is 4.24. The molecule has 0 amide bonds. The Kier molecular flexibility index (Phi) is 8.75. The Morgan fingerprint density at radius 3 is 2.47 bits per heavy atom. The van der Waals surface area contributed by atoms with E-state index in [4.69, 9.17) is 10.00 Å². The van der Waals surface area contributed by atoms with E-state index in [1.807, 2.05) is 6.92 Å². The molecule has 172 valence electrons. The molecule has 32 heavy (non-hydrogen) atoms. The summed E-state index contributed by atoms with van der Waals surface area (Å²) in [5.41, 5.74) is 1.33. The molecule has 1 aromatic heterocycles. The highest BCUT2D eigenvalue weighted by Crippen LogP contribution is 2.17. The van der Waals surface area contributed by atoms with Crippen molar-refractivity contribution in [3.05, 3.63) is 36.7 Å². The largest absolute Gasteiger partial charge is 0.379 e. The molecule has 10 nitrogen and oxygen atoms in total. The molecule has 1 saturated heterocycles. The van der Waals surface area contributed by atoms with Gasteiger partial charge in [-0.25, -0.2) is 23.1 Å². The predicted octanol–water partition coefficient (Wildman–Crippen LogP) is 1.93. The van der Waals surface area contributed by atoms with E-state index in [0.29, 0.717) is 43.6 Å². The van der Waals surface area contributed by atoms with Gasteiger partial charge in [0.25, 0.3) is 0 Å². The normalized spacial score (nSPS) is 15.6. The number of rotatable bonds is 11. The van der Waals surface area contributed by atoms with Crippen LogP contribution in [-0.4, -0.2) is 68.7 Å². The molecule has 2 heterocycles. The van der Waals surface area contributed by atoms with Crippen molar-refractivity contribution < 1.29 is 13.2 Å². The molecule has 2 aromatic rings. The van der Waals surface area contributed by atoms with Crippen LogP contribution in [0.5, 0.6) is 0 Å². The van der Waals surface area contributed by atoms with Crippen LogP contribution in [0.4, 0.5) is 17.3 Å². The van der Waals surface area contributed by atoms with Crippen LogP contribution in [0.1, 0.15) is 19.8 Å². The van der Waals surface area contributed by atoms with Crippen LogP contribution in [0.3, 0.4) is 0 Å². The Morgan fingerprint density at radius 2 is 1.84 bits per heavy atom. The number of ether oxygens (including phenoxy) is 1. The fourth-order valence-electron chi connectivity index (χ4n) is 3.22. The number of nitriles is 1. The summed E-state index contributed by atoms with van der Waals surface area (Å²) in [5, 5.41) is 15.3. The first-order chi connectivity index (χ1) is 15.5. The van der Waals surface area contributed by atoms with E-state index in [-0.39, 0.29) is 10.9 Å². The molecular weight excluding hydrogens is 430 g/mol. The zero-order chi connectivity index (χ0) is 22.8. The molecule has 1 aromatic carbocycles. The summed E-state index contributed by atoms with van der Waals surface area (Å²) in [6, 6.07) is 8.34. The fraction of sp³-hybridized carbons (Fsp3) is 0.476. The minimum absolute atomic E-state index is 0.198. The maximum Gasteiger partial charge on any atom is 0.240 e. The molecule has 1 atom stereocenters. The molecule has 0 radical (unpaired) electrons. The molecule has 0 aliphatic carbocycles. The standard InChI is InChI=1S/C21H29N7O3S/c1-2-3-18(14-22)26-19-15-23-21(24-16-19)27-17-4-6-20(7-5-17)32(29,30)25-8-9-28-10-12-31-13-11-28/h4-7,15-16,18,25-26H,2-3,8-13H2,1H3,(H,23,24,27). The second kappa shape index (κ2) is 11.7. The summed E-state index contributed by atoms with van der Waals surface area (Å²) < 4.78 is 33.0. The number of aromatic nitrogens is 2. The Balaban J connectivity index is 1.51. The summed E-state index contributed by atoms with van der Waals surface area (Å²) in [5.74, 6) is 0.374. The topological polar surface area (TPSA) is 132 Å². The molecule has 11 heteroatoms. The Bertz CT molecular complexity index is 986. The van der Waals surface area contributed by atoms with Crippen molar-refractivity contribution in [2.75, 3.05) is 50.0 Å². The number of anilines is 3. The maximum atomic E-state index is 12.5. The van der Waals surface area contributed by atoms with Gasteiger partial charge in [-0.3, -0.25) is 4.90 Å². The molecule has 3 N–H and O–H groups in total. The highest BCUT2D eigenvalue weighted by molar-refractivity contribution is 7.89. The lowest BCUT2D eigenvalue weighted by atomic mass is 10.2. The Hall–Kier alpha value is -2.78. The smallest absolute Gasteiger partial charge is 0.240 e. The zero-order valence-corrected chi connectivity index (χ0v) is 18.9. The van der Waals surface area contributed by atoms with Gasteiger partial charge >= 0.3 is 0 Å². The van der Waals surface area contributed by atoms with E-state index in [1.54, 1.807) is 24.5 Å². The van der Waals surface area contributed by atoms with Crippen molar-refractivity contribution in [1.82, 2.24) is 19.6 Å². The number of nitrogens with one attached hydrogen (secondary N) is 3. The van der Waals surface area contributed by atoms with Gasteiger partial charge < -0.3 is 15.4 Å². The van der Waals surface area contributed by atoms with E-state index in [2.05, 4.69) is 36.3 Å². The number of nitrogens with zero attached hydrogens (tertiary/aromatic N) is 4. The number of hydrogen-bond acceptors (Lipinski definition) is 9. The molecule has 1 unspecified atom stereocenters. The van der Waals surface area contributed by atoms with Crippen molar-refractivity contribution in [2.45, 2.75) is 30.7 Å². The third-order valence-corrected chi connectivity index (χ3v) is 6.45. The molecule has 3 rings (SSSR count). The van der Waals surface area contributed by atoms with Gasteiger partial charge in [0.1, 0.15) is 6.04 Å². The van der Waals surface area contributed by atoms with Gasteiger partial charge in [-0.1, -0.05) is 13.3 Å². The Morgan fingerprint density at radius 1 is 1.16 bits per heavy atom. The first kappa shape index (κ1) is 23.9.